The third-order valence-electron chi connectivity index (χ3n) is 4.74. The zero-order valence-corrected chi connectivity index (χ0v) is 10.8. The van der Waals surface area contributed by atoms with Crippen molar-refractivity contribution in [2.75, 3.05) is 26.7 Å². The Balaban J connectivity index is 2.10. The SMILES string of the molecule is CN1CCC(O)(C2(CO)CC(C)(C)C2)CC1. The van der Waals surface area contributed by atoms with Crippen molar-refractivity contribution in [2.45, 2.75) is 45.1 Å². The van der Waals surface area contributed by atoms with Gasteiger partial charge >= 0.3 is 0 Å². The van der Waals surface area contributed by atoms with Crippen LogP contribution in [0.2, 0.25) is 0 Å². The van der Waals surface area contributed by atoms with Crippen LogP contribution in [0.5, 0.6) is 0 Å². The van der Waals surface area contributed by atoms with E-state index in [2.05, 4.69) is 25.8 Å². The highest BCUT2D eigenvalue weighted by molar-refractivity contribution is 5.11. The van der Waals surface area contributed by atoms with E-state index in [0.29, 0.717) is 5.41 Å². The number of aliphatic hydroxyl groups excluding tert-OH is 1. The second-order valence-corrected chi connectivity index (χ2v) is 6.79. The summed E-state index contributed by atoms with van der Waals surface area (Å²) in [7, 11) is 2.09. The summed E-state index contributed by atoms with van der Waals surface area (Å²) in [5, 5.41) is 20.5. The first-order valence-electron chi connectivity index (χ1n) is 6.34. The van der Waals surface area contributed by atoms with E-state index >= 15 is 0 Å². The largest absolute Gasteiger partial charge is 0.396 e. The molecule has 94 valence electrons. The first-order valence-corrected chi connectivity index (χ1v) is 6.34. The van der Waals surface area contributed by atoms with Gasteiger partial charge < -0.3 is 15.1 Å². The van der Waals surface area contributed by atoms with E-state index < -0.39 is 5.60 Å². The van der Waals surface area contributed by atoms with Crippen LogP contribution < -0.4 is 0 Å². The van der Waals surface area contributed by atoms with Crippen molar-refractivity contribution >= 4 is 0 Å². The van der Waals surface area contributed by atoms with Crippen molar-refractivity contribution in [3.05, 3.63) is 0 Å². The summed E-state index contributed by atoms with van der Waals surface area (Å²) >= 11 is 0. The minimum atomic E-state index is -0.635. The predicted octanol–water partition coefficient (Wildman–Crippen LogP) is 1.24. The molecule has 0 amide bonds. The van der Waals surface area contributed by atoms with Gasteiger partial charge in [-0.1, -0.05) is 13.8 Å². The Kier molecular flexibility index (Phi) is 2.84. The standard InChI is InChI=1S/C13H25NO2/c1-11(2)8-12(9-11,10-15)13(16)4-6-14(3)7-5-13/h15-16H,4-10H2,1-3H3. The van der Waals surface area contributed by atoms with Gasteiger partial charge in [-0.3, -0.25) is 0 Å². The van der Waals surface area contributed by atoms with Crippen LogP contribution in [0.15, 0.2) is 0 Å². The zero-order chi connectivity index (χ0) is 12.0. The summed E-state index contributed by atoms with van der Waals surface area (Å²) in [5.74, 6) is 0. The molecule has 0 aromatic heterocycles. The lowest BCUT2D eigenvalue weighted by Crippen LogP contribution is -2.63. The van der Waals surface area contributed by atoms with Crippen LogP contribution in [0, 0.1) is 10.8 Å². The van der Waals surface area contributed by atoms with E-state index in [4.69, 9.17) is 0 Å². The third kappa shape index (κ3) is 1.79. The monoisotopic (exact) mass is 227 g/mol. The number of aliphatic hydroxyl groups is 2. The number of nitrogens with zero attached hydrogens (tertiary/aromatic N) is 1. The molecule has 1 aliphatic carbocycles. The van der Waals surface area contributed by atoms with E-state index in [-0.39, 0.29) is 12.0 Å². The van der Waals surface area contributed by atoms with Crippen molar-refractivity contribution < 1.29 is 10.2 Å². The number of likely N-dealkylation sites (tertiary alicyclic amines) is 1. The molecule has 1 saturated carbocycles. The minimum absolute atomic E-state index is 0.136. The molecule has 2 aliphatic rings. The molecule has 1 saturated heterocycles. The average molecular weight is 227 g/mol. The van der Waals surface area contributed by atoms with Crippen LogP contribution >= 0.6 is 0 Å². The number of piperidine rings is 1. The predicted molar refractivity (Wildman–Crippen MR) is 64.2 cm³/mol. The summed E-state index contributed by atoms with van der Waals surface area (Å²) in [6, 6.07) is 0. The minimum Gasteiger partial charge on any atom is -0.396 e. The molecule has 2 rings (SSSR count). The maximum Gasteiger partial charge on any atom is 0.0750 e. The van der Waals surface area contributed by atoms with Gasteiger partial charge in [-0.15, -0.1) is 0 Å². The third-order valence-corrected chi connectivity index (χ3v) is 4.74. The molecule has 0 bridgehead atoms. The summed E-state index contributed by atoms with van der Waals surface area (Å²) in [6.45, 7) is 6.46. The van der Waals surface area contributed by atoms with Gasteiger partial charge in [0.1, 0.15) is 0 Å². The molecular formula is C13H25NO2. The first-order chi connectivity index (χ1) is 7.33. The lowest BCUT2D eigenvalue weighted by molar-refractivity contribution is -0.212. The van der Waals surface area contributed by atoms with Crippen molar-refractivity contribution in [2.24, 2.45) is 10.8 Å². The fourth-order valence-corrected chi connectivity index (χ4v) is 3.89. The zero-order valence-electron chi connectivity index (χ0n) is 10.8. The Morgan fingerprint density at radius 2 is 1.62 bits per heavy atom. The summed E-state index contributed by atoms with van der Waals surface area (Å²) in [6.07, 6.45) is 3.52. The molecule has 1 heterocycles. The molecule has 0 spiro atoms. The van der Waals surface area contributed by atoms with Gasteiger partial charge in [0.25, 0.3) is 0 Å². The smallest absolute Gasteiger partial charge is 0.0750 e. The van der Waals surface area contributed by atoms with Gasteiger partial charge in [0.2, 0.25) is 0 Å². The van der Waals surface area contributed by atoms with E-state index in [9.17, 15) is 10.2 Å². The first kappa shape index (κ1) is 12.3. The van der Waals surface area contributed by atoms with Crippen molar-refractivity contribution in [1.29, 1.82) is 0 Å². The van der Waals surface area contributed by atoms with Crippen LogP contribution in [0.1, 0.15) is 39.5 Å². The molecule has 0 atom stereocenters. The molecule has 2 N–H and O–H groups in total. The van der Waals surface area contributed by atoms with E-state index in [0.717, 1.165) is 38.8 Å². The second-order valence-electron chi connectivity index (χ2n) is 6.79. The van der Waals surface area contributed by atoms with Crippen LogP contribution in [0.25, 0.3) is 0 Å². The molecule has 16 heavy (non-hydrogen) atoms. The maximum absolute atomic E-state index is 10.8. The van der Waals surface area contributed by atoms with Crippen LogP contribution in [-0.4, -0.2) is 47.5 Å². The molecule has 0 aromatic carbocycles. The summed E-state index contributed by atoms with van der Waals surface area (Å²) in [4.78, 5) is 2.25. The quantitative estimate of drug-likeness (QED) is 0.746. The lowest BCUT2D eigenvalue weighted by atomic mass is 9.47. The summed E-state index contributed by atoms with van der Waals surface area (Å²) in [5.41, 5.74) is -0.566. The number of hydrogen-bond acceptors (Lipinski definition) is 3. The molecule has 3 heteroatoms. The van der Waals surface area contributed by atoms with Gasteiger partial charge in [-0.05, 0) is 38.1 Å². The van der Waals surface area contributed by atoms with Crippen molar-refractivity contribution in [1.82, 2.24) is 4.90 Å². The molecule has 0 radical (unpaired) electrons. The topological polar surface area (TPSA) is 43.7 Å². The van der Waals surface area contributed by atoms with Gasteiger partial charge in [-0.2, -0.15) is 0 Å². The van der Waals surface area contributed by atoms with Gasteiger partial charge in [0.15, 0.2) is 0 Å². The van der Waals surface area contributed by atoms with Crippen LogP contribution in [0.4, 0.5) is 0 Å². The Morgan fingerprint density at radius 3 is 2.00 bits per heavy atom. The van der Waals surface area contributed by atoms with E-state index in [1.54, 1.807) is 0 Å². The molecule has 0 unspecified atom stereocenters. The Hall–Kier alpha value is -0.120. The number of rotatable bonds is 2. The van der Waals surface area contributed by atoms with Gasteiger partial charge in [0.05, 0.1) is 12.2 Å². The highest BCUT2D eigenvalue weighted by Gasteiger charge is 2.60. The Morgan fingerprint density at radius 1 is 1.12 bits per heavy atom. The second kappa shape index (κ2) is 3.69. The van der Waals surface area contributed by atoms with Crippen LogP contribution in [-0.2, 0) is 0 Å². The molecule has 1 aliphatic heterocycles. The number of hydrogen-bond donors (Lipinski definition) is 2. The molecular weight excluding hydrogens is 202 g/mol. The fraction of sp³-hybridized carbons (Fsp3) is 1.00. The highest BCUT2D eigenvalue weighted by atomic mass is 16.3. The average Bonchev–Trinajstić information content (AvgIpc) is 2.18. The van der Waals surface area contributed by atoms with E-state index in [1.807, 2.05) is 0 Å². The van der Waals surface area contributed by atoms with Crippen LogP contribution in [0.3, 0.4) is 0 Å². The lowest BCUT2D eigenvalue weighted by Gasteiger charge is -2.61. The van der Waals surface area contributed by atoms with Gasteiger partial charge in [-0.25, -0.2) is 0 Å². The molecule has 2 fully saturated rings. The fourth-order valence-electron chi connectivity index (χ4n) is 3.89. The summed E-state index contributed by atoms with van der Waals surface area (Å²) < 4.78 is 0. The highest BCUT2D eigenvalue weighted by Crippen LogP contribution is 2.61. The van der Waals surface area contributed by atoms with Crippen molar-refractivity contribution in [3.63, 3.8) is 0 Å². The molecule has 3 nitrogen and oxygen atoms in total. The van der Waals surface area contributed by atoms with E-state index in [1.165, 1.54) is 0 Å². The maximum atomic E-state index is 10.8. The van der Waals surface area contributed by atoms with Gasteiger partial charge in [0, 0.05) is 18.5 Å². The Labute approximate surface area is 98.5 Å². The Bertz CT molecular complexity index is 259. The molecule has 0 aromatic rings. The normalized spacial score (nSPS) is 32.1. The van der Waals surface area contributed by atoms with Crippen molar-refractivity contribution in [3.8, 4) is 0 Å².